The summed E-state index contributed by atoms with van der Waals surface area (Å²) in [4.78, 5) is 12.7. The Morgan fingerprint density at radius 1 is 1.06 bits per heavy atom. The number of carbonyl (C=O) groups is 1. The minimum atomic E-state index is -0.280. The van der Waals surface area contributed by atoms with Crippen LogP contribution in [0.25, 0.3) is 0 Å². The summed E-state index contributed by atoms with van der Waals surface area (Å²) < 4.78 is 20.6. The second-order valence-electron chi connectivity index (χ2n) is 7.38. The van der Waals surface area contributed by atoms with E-state index in [1.165, 1.54) is 12.1 Å². The van der Waals surface area contributed by atoms with E-state index in [1.807, 2.05) is 31.2 Å². The van der Waals surface area contributed by atoms with E-state index >= 15 is 0 Å². The van der Waals surface area contributed by atoms with E-state index in [0.29, 0.717) is 29.6 Å². The predicted octanol–water partition coefficient (Wildman–Crippen LogP) is 5.86. The summed E-state index contributed by atoms with van der Waals surface area (Å²) in [6, 6.07) is 20.6. The molecule has 7 heteroatoms. The van der Waals surface area contributed by atoms with Crippen molar-refractivity contribution in [2.45, 2.75) is 20.1 Å². The fourth-order valence-corrected chi connectivity index (χ4v) is 3.45. The third kappa shape index (κ3) is 5.53. The number of carbonyl (C=O) groups excluding carboxylic acids is 1. The third-order valence-corrected chi connectivity index (χ3v) is 5.10. The van der Waals surface area contributed by atoms with Crippen molar-refractivity contribution in [2.75, 3.05) is 5.32 Å². The Labute approximate surface area is 190 Å². The Kier molecular flexibility index (Phi) is 6.52. The van der Waals surface area contributed by atoms with Gasteiger partial charge in [0.05, 0.1) is 6.54 Å². The van der Waals surface area contributed by atoms with Crippen molar-refractivity contribution >= 4 is 23.3 Å². The average molecular weight is 450 g/mol. The molecule has 0 fully saturated rings. The summed E-state index contributed by atoms with van der Waals surface area (Å²) in [6.07, 6.45) is 1.76. The van der Waals surface area contributed by atoms with E-state index in [-0.39, 0.29) is 11.7 Å². The van der Waals surface area contributed by atoms with Gasteiger partial charge in [0.25, 0.3) is 5.91 Å². The molecule has 3 aromatic carbocycles. The molecule has 1 aromatic heterocycles. The number of rotatable bonds is 7. The fraction of sp³-hybridized carbons (Fsp3) is 0.120. The molecule has 0 saturated carbocycles. The molecule has 0 bridgehead atoms. The summed E-state index contributed by atoms with van der Waals surface area (Å²) in [7, 11) is 0. The molecule has 0 aliphatic carbocycles. The van der Waals surface area contributed by atoms with Crippen LogP contribution in [0.5, 0.6) is 5.75 Å². The van der Waals surface area contributed by atoms with Gasteiger partial charge in [-0.3, -0.25) is 9.48 Å². The summed E-state index contributed by atoms with van der Waals surface area (Å²) in [5, 5.41) is 7.83. The van der Waals surface area contributed by atoms with Crippen molar-refractivity contribution in [1.29, 1.82) is 0 Å². The van der Waals surface area contributed by atoms with Crippen molar-refractivity contribution in [3.05, 3.63) is 112 Å². The molecule has 0 spiro atoms. The van der Waals surface area contributed by atoms with Crippen molar-refractivity contribution < 1.29 is 13.9 Å². The number of hydrogen-bond donors (Lipinski definition) is 1. The molecule has 0 unspecified atom stereocenters. The van der Waals surface area contributed by atoms with Crippen LogP contribution < -0.4 is 10.1 Å². The SMILES string of the molecule is Cc1cc(Cl)ccc1OCc1cccc(C(=O)Nc2ccn(Cc3ccc(F)cc3)n2)c1. The zero-order chi connectivity index (χ0) is 22.5. The molecular weight excluding hydrogens is 429 g/mol. The molecule has 1 amide bonds. The lowest BCUT2D eigenvalue weighted by Crippen LogP contribution is -2.13. The molecule has 1 heterocycles. The maximum absolute atomic E-state index is 13.0. The van der Waals surface area contributed by atoms with Gasteiger partial charge in [-0.25, -0.2) is 4.39 Å². The van der Waals surface area contributed by atoms with Gasteiger partial charge in [0, 0.05) is 22.8 Å². The van der Waals surface area contributed by atoms with Crippen LogP contribution in [0.1, 0.15) is 27.0 Å². The van der Waals surface area contributed by atoms with E-state index in [4.69, 9.17) is 16.3 Å². The van der Waals surface area contributed by atoms with Crippen LogP contribution in [-0.4, -0.2) is 15.7 Å². The lowest BCUT2D eigenvalue weighted by atomic mass is 10.1. The minimum absolute atomic E-state index is 0.262. The lowest BCUT2D eigenvalue weighted by molar-refractivity contribution is 0.102. The van der Waals surface area contributed by atoms with E-state index in [2.05, 4.69) is 10.4 Å². The Balaban J connectivity index is 1.37. The molecule has 0 radical (unpaired) electrons. The monoisotopic (exact) mass is 449 g/mol. The largest absolute Gasteiger partial charge is 0.489 e. The maximum atomic E-state index is 13.0. The van der Waals surface area contributed by atoms with E-state index in [9.17, 15) is 9.18 Å². The molecular formula is C25H21ClFN3O2. The van der Waals surface area contributed by atoms with Crippen LogP contribution >= 0.6 is 11.6 Å². The number of amides is 1. The molecule has 4 rings (SSSR count). The molecule has 5 nitrogen and oxygen atoms in total. The minimum Gasteiger partial charge on any atom is -0.489 e. The van der Waals surface area contributed by atoms with Crippen LogP contribution in [0, 0.1) is 12.7 Å². The first kappa shape index (κ1) is 21.6. The van der Waals surface area contributed by atoms with Crippen molar-refractivity contribution in [3.8, 4) is 5.75 Å². The number of halogens is 2. The first-order valence-electron chi connectivity index (χ1n) is 10.0. The second kappa shape index (κ2) is 9.66. The van der Waals surface area contributed by atoms with Crippen molar-refractivity contribution in [2.24, 2.45) is 0 Å². The predicted molar refractivity (Wildman–Crippen MR) is 123 cm³/mol. The van der Waals surface area contributed by atoms with E-state index in [0.717, 1.165) is 22.4 Å². The zero-order valence-electron chi connectivity index (χ0n) is 17.4. The van der Waals surface area contributed by atoms with Gasteiger partial charge in [-0.05, 0) is 66.1 Å². The highest BCUT2D eigenvalue weighted by atomic mass is 35.5. The molecule has 0 atom stereocenters. The van der Waals surface area contributed by atoms with Gasteiger partial charge in [0.2, 0.25) is 0 Å². The summed E-state index contributed by atoms with van der Waals surface area (Å²) in [5.74, 6) is 0.645. The highest BCUT2D eigenvalue weighted by molar-refractivity contribution is 6.30. The first-order chi connectivity index (χ1) is 15.5. The highest BCUT2D eigenvalue weighted by Gasteiger charge is 2.10. The van der Waals surface area contributed by atoms with Gasteiger partial charge in [-0.2, -0.15) is 5.10 Å². The molecule has 0 saturated heterocycles. The van der Waals surface area contributed by atoms with Crippen LogP contribution in [0.3, 0.4) is 0 Å². The van der Waals surface area contributed by atoms with Gasteiger partial charge >= 0.3 is 0 Å². The van der Waals surface area contributed by atoms with Crippen molar-refractivity contribution in [1.82, 2.24) is 9.78 Å². The van der Waals surface area contributed by atoms with Crippen LogP contribution in [-0.2, 0) is 13.2 Å². The number of anilines is 1. The van der Waals surface area contributed by atoms with Gasteiger partial charge in [0.1, 0.15) is 18.2 Å². The van der Waals surface area contributed by atoms with Crippen molar-refractivity contribution in [3.63, 3.8) is 0 Å². The number of nitrogens with one attached hydrogen (secondary N) is 1. The van der Waals surface area contributed by atoms with Crippen LogP contribution in [0.15, 0.2) is 79.0 Å². The van der Waals surface area contributed by atoms with Gasteiger partial charge in [0.15, 0.2) is 5.82 Å². The Morgan fingerprint density at radius 3 is 2.66 bits per heavy atom. The quantitative estimate of drug-likeness (QED) is 0.384. The fourth-order valence-electron chi connectivity index (χ4n) is 3.22. The van der Waals surface area contributed by atoms with Gasteiger partial charge < -0.3 is 10.1 Å². The summed E-state index contributed by atoms with van der Waals surface area (Å²) in [5.41, 5.74) is 3.24. The second-order valence-corrected chi connectivity index (χ2v) is 7.81. The van der Waals surface area contributed by atoms with Gasteiger partial charge in [-0.1, -0.05) is 35.9 Å². The Morgan fingerprint density at radius 2 is 1.88 bits per heavy atom. The lowest BCUT2D eigenvalue weighted by Gasteiger charge is -2.10. The maximum Gasteiger partial charge on any atom is 0.256 e. The van der Waals surface area contributed by atoms with Gasteiger partial charge in [-0.15, -0.1) is 0 Å². The first-order valence-corrected chi connectivity index (χ1v) is 10.4. The molecule has 162 valence electrons. The number of ether oxygens (including phenoxy) is 1. The normalized spacial score (nSPS) is 10.7. The molecule has 4 aromatic rings. The number of nitrogens with zero attached hydrogens (tertiary/aromatic N) is 2. The van der Waals surface area contributed by atoms with E-state index in [1.54, 1.807) is 47.3 Å². The third-order valence-electron chi connectivity index (χ3n) is 4.86. The standard InChI is InChI=1S/C25H21ClFN3O2/c1-17-13-21(26)7-10-23(17)32-16-19-3-2-4-20(14-19)25(31)28-24-11-12-30(29-24)15-18-5-8-22(27)9-6-18/h2-14H,15-16H2,1H3,(H,28,29,31). The smallest absolute Gasteiger partial charge is 0.256 e. The molecule has 0 aliphatic rings. The Hall–Kier alpha value is -3.64. The number of hydrogen-bond acceptors (Lipinski definition) is 3. The highest BCUT2D eigenvalue weighted by Crippen LogP contribution is 2.23. The summed E-state index contributed by atoms with van der Waals surface area (Å²) >= 11 is 5.98. The zero-order valence-corrected chi connectivity index (χ0v) is 18.1. The number of aromatic nitrogens is 2. The molecule has 32 heavy (non-hydrogen) atoms. The molecule has 0 aliphatic heterocycles. The van der Waals surface area contributed by atoms with Crippen LogP contribution in [0.2, 0.25) is 5.02 Å². The molecule has 1 N–H and O–H groups in total. The number of aryl methyl sites for hydroxylation is 1. The summed E-state index contributed by atoms with van der Waals surface area (Å²) in [6.45, 7) is 2.74. The Bertz CT molecular complexity index is 1240. The van der Waals surface area contributed by atoms with E-state index < -0.39 is 0 Å². The topological polar surface area (TPSA) is 56.1 Å². The van der Waals surface area contributed by atoms with Crippen LogP contribution in [0.4, 0.5) is 10.2 Å². The average Bonchev–Trinajstić information content (AvgIpc) is 3.21. The number of benzene rings is 3.